The van der Waals surface area contributed by atoms with Crippen molar-refractivity contribution in [3.63, 3.8) is 0 Å². The standard InChI is InChI=1S/C12H11F2NO3S2/c1-20(16,17)7-11-15-10(6-19-11)8-3-2-4-9(5-8)18-12(13)14/h2-6,12H,7H2,1H3. The number of ether oxygens (including phenoxy) is 1. The molecule has 0 aliphatic carbocycles. The number of hydrogen-bond donors (Lipinski definition) is 0. The van der Waals surface area contributed by atoms with Crippen LogP contribution >= 0.6 is 11.3 Å². The fourth-order valence-electron chi connectivity index (χ4n) is 1.57. The van der Waals surface area contributed by atoms with Crippen molar-refractivity contribution < 1.29 is 21.9 Å². The third-order valence-electron chi connectivity index (χ3n) is 2.29. The number of hydrogen-bond acceptors (Lipinski definition) is 5. The van der Waals surface area contributed by atoms with Gasteiger partial charge < -0.3 is 4.74 Å². The molecule has 0 N–H and O–H groups in total. The number of benzene rings is 1. The first-order valence-electron chi connectivity index (χ1n) is 5.51. The molecule has 0 aliphatic heterocycles. The second-order valence-electron chi connectivity index (χ2n) is 4.10. The molecule has 0 bridgehead atoms. The van der Waals surface area contributed by atoms with Gasteiger partial charge in [-0.3, -0.25) is 0 Å². The van der Waals surface area contributed by atoms with Crippen molar-refractivity contribution in [2.75, 3.05) is 6.26 Å². The molecule has 1 heterocycles. The van der Waals surface area contributed by atoms with Crippen LogP contribution in [-0.2, 0) is 15.6 Å². The first-order valence-corrected chi connectivity index (χ1v) is 8.45. The molecule has 0 saturated carbocycles. The van der Waals surface area contributed by atoms with Crippen molar-refractivity contribution in [3.8, 4) is 17.0 Å². The molecule has 0 amide bonds. The summed E-state index contributed by atoms with van der Waals surface area (Å²) in [6, 6.07) is 6.12. The van der Waals surface area contributed by atoms with Gasteiger partial charge in [-0.15, -0.1) is 11.3 Å². The van der Waals surface area contributed by atoms with Gasteiger partial charge >= 0.3 is 6.61 Å². The minimum absolute atomic E-state index is 0.0372. The topological polar surface area (TPSA) is 56.3 Å². The van der Waals surface area contributed by atoms with Crippen LogP contribution in [-0.4, -0.2) is 26.3 Å². The van der Waals surface area contributed by atoms with Crippen LogP contribution in [0.25, 0.3) is 11.3 Å². The Morgan fingerprint density at radius 1 is 1.40 bits per heavy atom. The van der Waals surface area contributed by atoms with Crippen molar-refractivity contribution in [1.29, 1.82) is 0 Å². The van der Waals surface area contributed by atoms with Gasteiger partial charge in [-0.05, 0) is 12.1 Å². The number of alkyl halides is 2. The van der Waals surface area contributed by atoms with Gasteiger partial charge in [0.15, 0.2) is 9.84 Å². The van der Waals surface area contributed by atoms with Gasteiger partial charge in [-0.25, -0.2) is 13.4 Å². The number of thiazole rings is 1. The lowest BCUT2D eigenvalue weighted by atomic mass is 10.2. The van der Waals surface area contributed by atoms with Crippen LogP contribution in [0.5, 0.6) is 5.75 Å². The van der Waals surface area contributed by atoms with Crippen molar-refractivity contribution in [2.45, 2.75) is 12.4 Å². The summed E-state index contributed by atoms with van der Waals surface area (Å²) < 4.78 is 51.0. The Morgan fingerprint density at radius 2 is 2.15 bits per heavy atom. The lowest BCUT2D eigenvalue weighted by molar-refractivity contribution is -0.0498. The summed E-state index contributed by atoms with van der Waals surface area (Å²) in [5.74, 6) is -0.0968. The Balaban J connectivity index is 2.24. The van der Waals surface area contributed by atoms with Crippen LogP contribution in [0, 0.1) is 0 Å². The second kappa shape index (κ2) is 5.84. The highest BCUT2D eigenvalue weighted by molar-refractivity contribution is 7.90. The highest BCUT2D eigenvalue weighted by Gasteiger charge is 2.11. The third-order valence-corrected chi connectivity index (χ3v) is 4.12. The lowest BCUT2D eigenvalue weighted by Crippen LogP contribution is -2.01. The summed E-state index contributed by atoms with van der Waals surface area (Å²) in [6.07, 6.45) is 1.13. The maximum absolute atomic E-state index is 12.1. The van der Waals surface area contributed by atoms with Gasteiger partial charge in [0.05, 0.1) is 5.69 Å². The maximum Gasteiger partial charge on any atom is 0.387 e. The molecule has 0 fully saturated rings. The highest BCUT2D eigenvalue weighted by Crippen LogP contribution is 2.26. The van der Waals surface area contributed by atoms with E-state index in [4.69, 9.17) is 0 Å². The van der Waals surface area contributed by atoms with Crippen LogP contribution < -0.4 is 4.74 Å². The molecule has 0 spiro atoms. The van der Waals surface area contributed by atoms with Crippen molar-refractivity contribution in [1.82, 2.24) is 4.98 Å². The molecule has 1 aromatic heterocycles. The lowest BCUT2D eigenvalue weighted by Gasteiger charge is -2.05. The predicted molar refractivity (Wildman–Crippen MR) is 72.7 cm³/mol. The third kappa shape index (κ3) is 4.24. The molecule has 2 aromatic rings. The van der Waals surface area contributed by atoms with Crippen molar-refractivity contribution in [2.24, 2.45) is 0 Å². The zero-order valence-corrected chi connectivity index (χ0v) is 12.0. The monoisotopic (exact) mass is 319 g/mol. The number of sulfone groups is 1. The molecule has 108 valence electrons. The summed E-state index contributed by atoms with van der Waals surface area (Å²) in [4.78, 5) is 4.18. The molecule has 20 heavy (non-hydrogen) atoms. The van der Waals surface area contributed by atoms with Gasteiger partial charge in [-0.2, -0.15) is 8.78 Å². The SMILES string of the molecule is CS(=O)(=O)Cc1nc(-c2cccc(OC(F)F)c2)cs1. The maximum atomic E-state index is 12.1. The first-order chi connectivity index (χ1) is 9.33. The van der Waals surface area contributed by atoms with Crippen LogP contribution in [0.15, 0.2) is 29.6 Å². The Kier molecular flexibility index (Phi) is 4.34. The van der Waals surface area contributed by atoms with Crippen LogP contribution in [0.3, 0.4) is 0 Å². The Labute approximate surface area is 119 Å². The number of nitrogens with zero attached hydrogens (tertiary/aromatic N) is 1. The zero-order valence-electron chi connectivity index (χ0n) is 10.4. The van der Waals surface area contributed by atoms with Crippen molar-refractivity contribution >= 4 is 21.2 Å². The van der Waals surface area contributed by atoms with Gasteiger partial charge in [-0.1, -0.05) is 12.1 Å². The second-order valence-corrected chi connectivity index (χ2v) is 7.19. The smallest absolute Gasteiger partial charge is 0.387 e. The summed E-state index contributed by atoms with van der Waals surface area (Å²) in [5, 5.41) is 2.14. The fourth-order valence-corrected chi connectivity index (χ4v) is 3.58. The van der Waals surface area contributed by atoms with E-state index in [1.807, 2.05) is 0 Å². The average Bonchev–Trinajstić information content (AvgIpc) is 2.74. The zero-order chi connectivity index (χ0) is 14.8. The van der Waals surface area contributed by atoms with Gasteiger partial charge in [0.25, 0.3) is 0 Å². The minimum Gasteiger partial charge on any atom is -0.435 e. The van der Waals surface area contributed by atoms with Gasteiger partial charge in [0.2, 0.25) is 0 Å². The van der Waals surface area contributed by atoms with E-state index in [9.17, 15) is 17.2 Å². The van der Waals surface area contributed by atoms with Crippen LogP contribution in [0.1, 0.15) is 5.01 Å². The van der Waals surface area contributed by atoms with Crippen molar-refractivity contribution in [3.05, 3.63) is 34.7 Å². The first kappa shape index (κ1) is 14.9. The summed E-state index contributed by atoms with van der Waals surface area (Å²) in [7, 11) is -3.15. The van der Waals surface area contributed by atoms with Crippen LogP contribution in [0.4, 0.5) is 8.78 Å². The number of aromatic nitrogens is 1. The number of halogens is 2. The van der Waals surface area contributed by atoms with E-state index >= 15 is 0 Å². The largest absolute Gasteiger partial charge is 0.435 e. The fraction of sp³-hybridized carbons (Fsp3) is 0.250. The molecule has 1 aromatic carbocycles. The summed E-state index contributed by atoms with van der Waals surface area (Å²) in [6.45, 7) is -2.89. The Hall–Kier alpha value is -1.54. The molecular formula is C12H11F2NO3S2. The van der Waals surface area contributed by atoms with Crippen LogP contribution in [0.2, 0.25) is 0 Å². The average molecular weight is 319 g/mol. The molecule has 0 saturated heterocycles. The summed E-state index contributed by atoms with van der Waals surface area (Å²) in [5.41, 5.74) is 1.13. The van der Waals surface area contributed by atoms with E-state index < -0.39 is 16.4 Å². The predicted octanol–water partition coefficient (Wildman–Crippen LogP) is 2.96. The molecule has 4 nitrogen and oxygen atoms in total. The highest BCUT2D eigenvalue weighted by atomic mass is 32.2. The van der Waals surface area contributed by atoms with E-state index in [1.54, 1.807) is 17.5 Å². The van der Waals surface area contributed by atoms with Gasteiger partial charge in [0, 0.05) is 17.2 Å². The van der Waals surface area contributed by atoms with E-state index in [2.05, 4.69) is 9.72 Å². The normalized spacial score (nSPS) is 11.8. The Morgan fingerprint density at radius 3 is 2.80 bits per heavy atom. The molecule has 0 aliphatic rings. The Bertz CT molecular complexity index is 698. The van der Waals surface area contributed by atoms with Gasteiger partial charge in [0.1, 0.15) is 16.5 Å². The van der Waals surface area contributed by atoms with E-state index in [0.29, 0.717) is 16.3 Å². The number of rotatable bonds is 5. The molecule has 2 rings (SSSR count). The summed E-state index contributed by atoms with van der Waals surface area (Å²) >= 11 is 1.21. The quantitative estimate of drug-likeness (QED) is 0.850. The van der Waals surface area contributed by atoms with E-state index in [1.165, 1.54) is 23.5 Å². The molecular weight excluding hydrogens is 308 g/mol. The molecule has 0 atom stereocenters. The minimum atomic E-state index is -3.15. The molecule has 8 heteroatoms. The molecule has 0 radical (unpaired) electrons. The van der Waals surface area contributed by atoms with E-state index in [-0.39, 0.29) is 11.5 Å². The van der Waals surface area contributed by atoms with E-state index in [0.717, 1.165) is 6.26 Å². The molecule has 0 unspecified atom stereocenters.